The summed E-state index contributed by atoms with van der Waals surface area (Å²) in [5.74, 6) is 0. The normalized spacial score (nSPS) is 10.6. The molecule has 0 N–H and O–H groups in total. The maximum atomic E-state index is 11.8. The summed E-state index contributed by atoms with van der Waals surface area (Å²) in [6, 6.07) is 10.1. The minimum atomic E-state index is 0.151. The highest BCUT2D eigenvalue weighted by molar-refractivity contribution is 7.09. The molecule has 0 saturated heterocycles. The average Bonchev–Trinajstić information content (AvgIpc) is 2.58. The summed E-state index contributed by atoms with van der Waals surface area (Å²) in [5, 5.41) is 0. The summed E-state index contributed by atoms with van der Waals surface area (Å²) >= 11 is 1.37. The minimum Gasteiger partial charge on any atom is -0.299 e. The van der Waals surface area contributed by atoms with Gasteiger partial charge in [-0.05, 0) is 18.9 Å². The highest BCUT2D eigenvalue weighted by Crippen LogP contribution is 2.13. The van der Waals surface area contributed by atoms with Crippen molar-refractivity contribution in [2.24, 2.45) is 0 Å². The Morgan fingerprint density at radius 3 is 2.50 bits per heavy atom. The van der Waals surface area contributed by atoms with Crippen molar-refractivity contribution < 1.29 is 0 Å². The second-order valence-corrected chi connectivity index (χ2v) is 4.85. The van der Waals surface area contributed by atoms with Crippen molar-refractivity contribution in [2.75, 3.05) is 0 Å². The van der Waals surface area contributed by atoms with Gasteiger partial charge >= 0.3 is 4.87 Å². The lowest BCUT2D eigenvalue weighted by Gasteiger charge is -2.05. The third-order valence-corrected chi connectivity index (χ3v) is 3.97. The van der Waals surface area contributed by atoms with Gasteiger partial charge in [-0.15, -0.1) is 0 Å². The van der Waals surface area contributed by atoms with E-state index in [1.807, 2.05) is 29.7 Å². The second kappa shape index (κ2) is 4.66. The molecule has 0 bridgehead atoms. The van der Waals surface area contributed by atoms with E-state index in [9.17, 15) is 4.79 Å². The molecule has 0 atom stereocenters. The third-order valence-electron chi connectivity index (χ3n) is 2.74. The maximum Gasteiger partial charge on any atom is 0.307 e. The van der Waals surface area contributed by atoms with Gasteiger partial charge in [-0.1, -0.05) is 48.6 Å². The lowest BCUT2D eigenvalue weighted by molar-refractivity contribution is 0.748. The number of benzene rings is 1. The molecule has 0 aliphatic rings. The summed E-state index contributed by atoms with van der Waals surface area (Å²) in [6.07, 6.45) is 0.938. The van der Waals surface area contributed by atoms with Crippen molar-refractivity contribution in [3.63, 3.8) is 0 Å². The van der Waals surface area contributed by atoms with Crippen molar-refractivity contribution >= 4 is 11.3 Å². The molecule has 0 spiro atoms. The molecule has 2 aromatic rings. The van der Waals surface area contributed by atoms with Crippen molar-refractivity contribution in [1.82, 2.24) is 4.57 Å². The molecule has 1 aromatic heterocycles. The van der Waals surface area contributed by atoms with Crippen LogP contribution in [-0.2, 0) is 13.0 Å². The van der Waals surface area contributed by atoms with Crippen LogP contribution in [0.1, 0.15) is 23.1 Å². The van der Waals surface area contributed by atoms with Crippen molar-refractivity contribution in [1.29, 1.82) is 0 Å². The van der Waals surface area contributed by atoms with Crippen LogP contribution in [0.15, 0.2) is 35.1 Å². The van der Waals surface area contributed by atoms with E-state index in [0.717, 1.165) is 12.1 Å². The molecular weight excluding hydrogens is 218 g/mol. The first-order valence-electron chi connectivity index (χ1n) is 5.45. The van der Waals surface area contributed by atoms with Gasteiger partial charge in [0.15, 0.2) is 0 Å². The second-order valence-electron chi connectivity index (χ2n) is 3.80. The van der Waals surface area contributed by atoms with Gasteiger partial charge in [-0.3, -0.25) is 9.36 Å². The molecule has 0 aliphatic carbocycles. The van der Waals surface area contributed by atoms with Crippen LogP contribution in [0.5, 0.6) is 0 Å². The van der Waals surface area contributed by atoms with Gasteiger partial charge in [-0.25, -0.2) is 0 Å². The summed E-state index contributed by atoms with van der Waals surface area (Å²) in [4.78, 5) is 13.2. The summed E-state index contributed by atoms with van der Waals surface area (Å²) in [7, 11) is 0. The molecule has 0 radical (unpaired) electrons. The molecular formula is C13H15NOS. The zero-order chi connectivity index (χ0) is 11.5. The Bertz CT molecular complexity index is 525. The van der Waals surface area contributed by atoms with Crippen molar-refractivity contribution in [2.45, 2.75) is 26.8 Å². The number of hydrogen-bond acceptors (Lipinski definition) is 2. The fourth-order valence-electron chi connectivity index (χ4n) is 1.80. The van der Waals surface area contributed by atoms with E-state index in [0.29, 0.717) is 6.54 Å². The van der Waals surface area contributed by atoms with Gasteiger partial charge in [0.1, 0.15) is 0 Å². The largest absolute Gasteiger partial charge is 0.307 e. The first-order valence-corrected chi connectivity index (χ1v) is 6.27. The van der Waals surface area contributed by atoms with Gasteiger partial charge in [0, 0.05) is 10.6 Å². The van der Waals surface area contributed by atoms with Crippen molar-refractivity contribution in [3.8, 4) is 0 Å². The number of nitrogens with zero attached hydrogens (tertiary/aromatic N) is 1. The Kier molecular flexibility index (Phi) is 3.25. The fourth-order valence-corrected chi connectivity index (χ4v) is 2.72. The van der Waals surface area contributed by atoms with E-state index in [2.05, 4.69) is 19.1 Å². The Hall–Kier alpha value is -1.35. The van der Waals surface area contributed by atoms with Crippen LogP contribution in [0.3, 0.4) is 0 Å². The molecule has 0 saturated carbocycles. The van der Waals surface area contributed by atoms with Gasteiger partial charge in [0.2, 0.25) is 0 Å². The lowest BCUT2D eigenvalue weighted by atomic mass is 10.2. The van der Waals surface area contributed by atoms with E-state index in [4.69, 9.17) is 0 Å². The first-order chi connectivity index (χ1) is 7.72. The number of thiazole rings is 1. The zero-order valence-corrected chi connectivity index (χ0v) is 10.4. The van der Waals surface area contributed by atoms with E-state index >= 15 is 0 Å². The summed E-state index contributed by atoms with van der Waals surface area (Å²) in [5.41, 5.74) is 2.29. The van der Waals surface area contributed by atoms with E-state index < -0.39 is 0 Å². The van der Waals surface area contributed by atoms with Crippen LogP contribution in [0.4, 0.5) is 0 Å². The van der Waals surface area contributed by atoms with Crippen LogP contribution in [0, 0.1) is 6.92 Å². The monoisotopic (exact) mass is 233 g/mol. The van der Waals surface area contributed by atoms with Crippen LogP contribution in [0.2, 0.25) is 0 Å². The quantitative estimate of drug-likeness (QED) is 0.799. The fraction of sp³-hybridized carbons (Fsp3) is 0.308. The Morgan fingerprint density at radius 1 is 1.25 bits per heavy atom. The molecule has 16 heavy (non-hydrogen) atoms. The van der Waals surface area contributed by atoms with Crippen LogP contribution < -0.4 is 4.87 Å². The first kappa shape index (κ1) is 11.1. The van der Waals surface area contributed by atoms with Gasteiger partial charge in [0.25, 0.3) is 0 Å². The molecule has 0 aliphatic heterocycles. The molecule has 0 unspecified atom stereocenters. The van der Waals surface area contributed by atoms with Crippen LogP contribution in [-0.4, -0.2) is 4.57 Å². The molecule has 84 valence electrons. The topological polar surface area (TPSA) is 22.0 Å². The van der Waals surface area contributed by atoms with E-state index in [1.165, 1.54) is 21.8 Å². The minimum absolute atomic E-state index is 0.151. The molecule has 3 heteroatoms. The Balaban J connectivity index is 2.35. The van der Waals surface area contributed by atoms with Crippen LogP contribution in [0.25, 0.3) is 0 Å². The highest BCUT2D eigenvalue weighted by Gasteiger charge is 2.09. The molecule has 0 amide bonds. The molecule has 2 rings (SSSR count). The SMILES string of the molecule is CCc1sc(=O)n(Cc2ccccc2)c1C. The standard InChI is InChI=1S/C13H15NOS/c1-3-12-10(2)14(13(15)16-12)9-11-7-5-4-6-8-11/h4-8H,3,9H2,1-2H3. The zero-order valence-electron chi connectivity index (χ0n) is 9.56. The summed E-state index contributed by atoms with van der Waals surface area (Å²) < 4.78 is 1.86. The average molecular weight is 233 g/mol. The Morgan fingerprint density at radius 2 is 1.94 bits per heavy atom. The van der Waals surface area contributed by atoms with Gasteiger partial charge in [-0.2, -0.15) is 0 Å². The number of aromatic nitrogens is 1. The number of rotatable bonds is 3. The van der Waals surface area contributed by atoms with Gasteiger partial charge in [0.05, 0.1) is 6.54 Å². The predicted molar refractivity (Wildman–Crippen MR) is 68.2 cm³/mol. The van der Waals surface area contributed by atoms with Crippen molar-refractivity contribution in [3.05, 3.63) is 56.1 Å². The van der Waals surface area contributed by atoms with Gasteiger partial charge < -0.3 is 0 Å². The maximum absolute atomic E-state index is 11.8. The summed E-state index contributed by atoms with van der Waals surface area (Å²) in [6.45, 7) is 4.80. The third kappa shape index (κ3) is 2.09. The molecule has 1 aromatic carbocycles. The molecule has 2 nitrogen and oxygen atoms in total. The highest BCUT2D eigenvalue weighted by atomic mass is 32.1. The molecule has 1 heterocycles. The smallest absolute Gasteiger partial charge is 0.299 e. The predicted octanol–water partition coefficient (Wildman–Crippen LogP) is 2.83. The number of hydrogen-bond donors (Lipinski definition) is 0. The van der Waals surface area contributed by atoms with Crippen LogP contribution >= 0.6 is 11.3 Å². The van der Waals surface area contributed by atoms with E-state index in [-0.39, 0.29) is 4.87 Å². The number of aryl methyl sites for hydroxylation is 1. The molecule has 0 fully saturated rings. The Labute approximate surface area is 99.2 Å². The lowest BCUT2D eigenvalue weighted by Crippen LogP contribution is -2.15. The van der Waals surface area contributed by atoms with E-state index in [1.54, 1.807) is 0 Å².